The number of nitrogens with zero attached hydrogens (tertiary/aromatic N) is 3. The highest BCUT2D eigenvalue weighted by Gasteiger charge is 2.13. The van der Waals surface area contributed by atoms with Gasteiger partial charge in [-0.05, 0) is 18.6 Å². The summed E-state index contributed by atoms with van der Waals surface area (Å²) < 4.78 is 12.6. The van der Waals surface area contributed by atoms with Crippen LogP contribution in [0, 0.1) is 11.3 Å². The summed E-state index contributed by atoms with van der Waals surface area (Å²) in [5.41, 5.74) is 2.13. The molecule has 2 rings (SSSR count). The summed E-state index contributed by atoms with van der Waals surface area (Å²) in [5.74, 6) is 1.13. The topological polar surface area (TPSA) is 60.1 Å². The molecule has 0 atom stereocenters. The van der Waals surface area contributed by atoms with Crippen molar-refractivity contribution in [2.45, 2.75) is 20.0 Å². The lowest BCUT2D eigenvalue weighted by Crippen LogP contribution is -2.04. The Labute approximate surface area is 128 Å². The third-order valence-corrected chi connectivity index (χ3v) is 3.56. The summed E-state index contributed by atoms with van der Waals surface area (Å²) in [6.07, 6.45) is 0.768. The zero-order valence-corrected chi connectivity index (χ0v) is 12.9. The minimum atomic E-state index is 0.278. The van der Waals surface area contributed by atoms with Crippen LogP contribution in [0.5, 0.6) is 11.5 Å². The summed E-state index contributed by atoms with van der Waals surface area (Å²) in [5, 5.41) is 14.0. The Bertz CT molecular complexity index is 689. The van der Waals surface area contributed by atoms with E-state index in [4.69, 9.17) is 26.3 Å². The molecular weight excluding hydrogens is 290 g/mol. The van der Waals surface area contributed by atoms with Crippen LogP contribution < -0.4 is 9.47 Å². The number of methoxy groups -OCH3 is 1. The molecular formula is C15H16ClN3O2. The van der Waals surface area contributed by atoms with Gasteiger partial charge in [-0.25, -0.2) is 0 Å². The molecule has 5 nitrogen and oxygen atoms in total. The molecule has 0 bridgehead atoms. The fraction of sp³-hybridized carbons (Fsp3) is 0.333. The fourth-order valence-electron chi connectivity index (χ4n) is 1.97. The quantitative estimate of drug-likeness (QED) is 0.851. The van der Waals surface area contributed by atoms with E-state index < -0.39 is 0 Å². The van der Waals surface area contributed by atoms with Gasteiger partial charge in [-0.2, -0.15) is 10.4 Å². The lowest BCUT2D eigenvalue weighted by atomic mass is 10.2. The first-order valence-electron chi connectivity index (χ1n) is 6.51. The van der Waals surface area contributed by atoms with Crippen molar-refractivity contribution in [3.63, 3.8) is 0 Å². The zero-order valence-electron chi connectivity index (χ0n) is 12.2. The number of rotatable bonds is 5. The molecule has 110 valence electrons. The first-order valence-corrected chi connectivity index (χ1v) is 6.89. The maximum Gasteiger partial charge on any atom is 0.131 e. The van der Waals surface area contributed by atoms with Gasteiger partial charge in [-0.1, -0.05) is 18.5 Å². The van der Waals surface area contributed by atoms with Gasteiger partial charge in [0.15, 0.2) is 0 Å². The number of benzene rings is 1. The van der Waals surface area contributed by atoms with Crippen LogP contribution in [-0.4, -0.2) is 16.9 Å². The van der Waals surface area contributed by atoms with Crippen molar-refractivity contribution in [3.8, 4) is 17.6 Å². The smallest absolute Gasteiger partial charge is 0.131 e. The second-order valence-electron chi connectivity index (χ2n) is 4.48. The van der Waals surface area contributed by atoms with Gasteiger partial charge in [-0.15, -0.1) is 0 Å². The molecule has 0 aliphatic rings. The van der Waals surface area contributed by atoms with Crippen LogP contribution >= 0.6 is 11.6 Å². The summed E-state index contributed by atoms with van der Waals surface area (Å²) in [6, 6.07) is 7.11. The number of aromatic nitrogens is 2. The minimum absolute atomic E-state index is 0.278. The van der Waals surface area contributed by atoms with Crippen LogP contribution in [0.1, 0.15) is 23.9 Å². The molecule has 0 amide bonds. The number of ether oxygens (including phenoxy) is 2. The summed E-state index contributed by atoms with van der Waals surface area (Å²) in [4.78, 5) is 0. The van der Waals surface area contributed by atoms with Crippen molar-refractivity contribution < 1.29 is 9.47 Å². The molecule has 1 heterocycles. The maximum absolute atomic E-state index is 8.99. The molecule has 21 heavy (non-hydrogen) atoms. The predicted molar refractivity (Wildman–Crippen MR) is 79.6 cm³/mol. The van der Waals surface area contributed by atoms with Gasteiger partial charge >= 0.3 is 0 Å². The molecule has 2 aromatic rings. The van der Waals surface area contributed by atoms with Gasteiger partial charge in [0.1, 0.15) is 18.1 Å². The Hall–Kier alpha value is -2.19. The van der Waals surface area contributed by atoms with Crippen molar-refractivity contribution >= 4 is 11.6 Å². The first-order chi connectivity index (χ1) is 10.1. The third-order valence-electron chi connectivity index (χ3n) is 3.12. The normalized spacial score (nSPS) is 10.2. The monoisotopic (exact) mass is 305 g/mol. The molecule has 0 fully saturated rings. The van der Waals surface area contributed by atoms with E-state index in [0.29, 0.717) is 22.1 Å². The standard InChI is InChI=1S/C15H16ClN3O2/c1-4-13-15(16)14(19(2)18-13)9-21-12-6-10(8-17)5-11(7-12)20-3/h5-7H,4,9H2,1-3H3. The average molecular weight is 306 g/mol. The number of halogens is 1. The number of hydrogen-bond donors (Lipinski definition) is 0. The largest absolute Gasteiger partial charge is 0.497 e. The van der Waals surface area contributed by atoms with Crippen LogP contribution in [0.4, 0.5) is 0 Å². The molecule has 1 aromatic heterocycles. The number of hydrogen-bond acceptors (Lipinski definition) is 4. The summed E-state index contributed by atoms with van der Waals surface area (Å²) >= 11 is 6.27. The fourth-order valence-corrected chi connectivity index (χ4v) is 2.31. The molecule has 1 aromatic carbocycles. The maximum atomic E-state index is 8.99. The highest BCUT2D eigenvalue weighted by atomic mass is 35.5. The van der Waals surface area contributed by atoms with E-state index in [1.54, 1.807) is 30.0 Å². The molecule has 0 radical (unpaired) electrons. The van der Waals surface area contributed by atoms with E-state index in [1.165, 1.54) is 0 Å². The Kier molecular flexibility index (Phi) is 4.71. The Balaban J connectivity index is 2.20. The van der Waals surface area contributed by atoms with Gasteiger partial charge < -0.3 is 9.47 Å². The minimum Gasteiger partial charge on any atom is -0.497 e. The Morgan fingerprint density at radius 3 is 2.62 bits per heavy atom. The van der Waals surface area contributed by atoms with Crippen molar-refractivity contribution in [2.24, 2.45) is 7.05 Å². The predicted octanol–water partition coefficient (Wildman–Crippen LogP) is 3.10. The first kappa shape index (κ1) is 15.2. The van der Waals surface area contributed by atoms with Crippen LogP contribution in [-0.2, 0) is 20.1 Å². The van der Waals surface area contributed by atoms with E-state index >= 15 is 0 Å². The van der Waals surface area contributed by atoms with Crippen LogP contribution in [0.2, 0.25) is 5.02 Å². The zero-order chi connectivity index (χ0) is 15.4. The lowest BCUT2D eigenvalue weighted by Gasteiger charge is -2.09. The molecule has 0 saturated heterocycles. The summed E-state index contributed by atoms with van der Waals surface area (Å²) in [7, 11) is 3.38. The molecule has 0 N–H and O–H groups in total. The highest BCUT2D eigenvalue weighted by molar-refractivity contribution is 6.31. The second-order valence-corrected chi connectivity index (χ2v) is 4.86. The number of aryl methyl sites for hydroxylation is 2. The Morgan fingerprint density at radius 1 is 1.33 bits per heavy atom. The van der Waals surface area contributed by atoms with E-state index in [-0.39, 0.29) is 6.61 Å². The molecule has 0 saturated carbocycles. The van der Waals surface area contributed by atoms with Crippen LogP contribution in [0.25, 0.3) is 0 Å². The van der Waals surface area contributed by atoms with Gasteiger partial charge in [0, 0.05) is 13.1 Å². The number of nitriles is 1. The second kappa shape index (κ2) is 6.51. The van der Waals surface area contributed by atoms with Crippen molar-refractivity contribution in [3.05, 3.63) is 40.2 Å². The average Bonchev–Trinajstić information content (AvgIpc) is 2.78. The SMILES string of the molecule is CCc1nn(C)c(COc2cc(C#N)cc(OC)c2)c1Cl. The van der Waals surface area contributed by atoms with Crippen molar-refractivity contribution in [2.75, 3.05) is 7.11 Å². The van der Waals surface area contributed by atoms with E-state index in [1.807, 2.05) is 14.0 Å². The Morgan fingerprint density at radius 2 is 2.05 bits per heavy atom. The highest BCUT2D eigenvalue weighted by Crippen LogP contribution is 2.25. The lowest BCUT2D eigenvalue weighted by molar-refractivity contribution is 0.292. The van der Waals surface area contributed by atoms with E-state index in [0.717, 1.165) is 17.8 Å². The molecule has 0 aliphatic heterocycles. The third kappa shape index (κ3) is 3.29. The van der Waals surface area contributed by atoms with Gasteiger partial charge in [0.25, 0.3) is 0 Å². The van der Waals surface area contributed by atoms with Crippen molar-refractivity contribution in [1.29, 1.82) is 5.26 Å². The van der Waals surface area contributed by atoms with Crippen LogP contribution in [0.3, 0.4) is 0 Å². The molecule has 0 unspecified atom stereocenters. The van der Waals surface area contributed by atoms with Gasteiger partial charge in [0.05, 0.1) is 35.2 Å². The van der Waals surface area contributed by atoms with Crippen molar-refractivity contribution in [1.82, 2.24) is 9.78 Å². The van der Waals surface area contributed by atoms with Gasteiger partial charge in [-0.3, -0.25) is 4.68 Å². The molecule has 0 spiro atoms. The van der Waals surface area contributed by atoms with Gasteiger partial charge in [0.2, 0.25) is 0 Å². The van der Waals surface area contributed by atoms with E-state index in [9.17, 15) is 0 Å². The summed E-state index contributed by atoms with van der Waals surface area (Å²) in [6.45, 7) is 2.28. The van der Waals surface area contributed by atoms with E-state index in [2.05, 4.69) is 11.2 Å². The molecule has 6 heteroatoms. The van der Waals surface area contributed by atoms with Crippen LogP contribution in [0.15, 0.2) is 18.2 Å². The molecule has 0 aliphatic carbocycles.